The van der Waals surface area contributed by atoms with Gasteiger partial charge in [-0.25, -0.2) is 18.4 Å². The summed E-state index contributed by atoms with van der Waals surface area (Å²) in [5.74, 6) is -2.62. The van der Waals surface area contributed by atoms with Gasteiger partial charge >= 0.3 is 0 Å². The number of amides is 2. The van der Waals surface area contributed by atoms with Crippen LogP contribution in [-0.2, 0) is 16.0 Å². The topological polar surface area (TPSA) is 78.4 Å². The van der Waals surface area contributed by atoms with Gasteiger partial charge < -0.3 is 4.90 Å². The molecule has 182 valence electrons. The second kappa shape index (κ2) is 9.69. The highest BCUT2D eigenvalue weighted by Crippen LogP contribution is 2.36. The lowest BCUT2D eigenvalue weighted by molar-refractivity contribution is -0.120. The number of imide groups is 1. The summed E-state index contributed by atoms with van der Waals surface area (Å²) in [4.78, 5) is 43.5. The highest BCUT2D eigenvalue weighted by Gasteiger charge is 2.45. The molecule has 0 spiro atoms. The number of rotatable bonds is 8. The number of nitrogens with zero attached hydrogens (tertiary/aromatic N) is 3. The van der Waals surface area contributed by atoms with Gasteiger partial charge in [-0.2, -0.15) is 0 Å². The Morgan fingerprint density at radius 1 is 0.886 bits per heavy atom. The van der Waals surface area contributed by atoms with Crippen molar-refractivity contribution in [3.05, 3.63) is 87.5 Å². The molecule has 4 rings (SSSR count). The number of carbonyl (C=O) groups is 2. The van der Waals surface area contributed by atoms with Gasteiger partial charge in [-0.05, 0) is 56.7 Å². The molecule has 0 fully saturated rings. The number of hydrogen-bond donors (Lipinski definition) is 1. The molecule has 0 bridgehead atoms. The highest BCUT2D eigenvalue weighted by molar-refractivity contribution is 6.45. The molecule has 0 saturated heterocycles. The van der Waals surface area contributed by atoms with Gasteiger partial charge in [0.2, 0.25) is 0 Å². The van der Waals surface area contributed by atoms with Crippen molar-refractivity contribution in [3.63, 3.8) is 0 Å². The van der Waals surface area contributed by atoms with Crippen LogP contribution in [0.25, 0.3) is 11.3 Å². The SMILES string of the molecule is CCCc1[nH]n(-c2ccc(F)cc2)c(=O)c1C1=C(N(CC)CC)C(=O)N(c2ccccc2F)C1=O. The van der Waals surface area contributed by atoms with Crippen LogP contribution >= 0.6 is 0 Å². The summed E-state index contributed by atoms with van der Waals surface area (Å²) in [6.45, 7) is 6.39. The minimum Gasteiger partial charge on any atom is -0.367 e. The first-order chi connectivity index (χ1) is 16.8. The van der Waals surface area contributed by atoms with E-state index >= 15 is 0 Å². The third-order valence-corrected chi connectivity index (χ3v) is 6.03. The Hall–Kier alpha value is -4.01. The van der Waals surface area contributed by atoms with Crippen molar-refractivity contribution in [1.82, 2.24) is 14.7 Å². The molecule has 0 aliphatic carbocycles. The highest BCUT2D eigenvalue weighted by atomic mass is 19.1. The van der Waals surface area contributed by atoms with E-state index in [1.807, 2.05) is 20.8 Å². The number of H-pyrrole nitrogens is 1. The van der Waals surface area contributed by atoms with E-state index < -0.39 is 29.0 Å². The van der Waals surface area contributed by atoms with Crippen molar-refractivity contribution >= 4 is 23.1 Å². The number of aryl methyl sites for hydroxylation is 1. The number of likely N-dealkylation sites (N-methyl/N-ethyl adjacent to an activating group) is 1. The molecule has 0 radical (unpaired) electrons. The molecule has 0 atom stereocenters. The van der Waals surface area contributed by atoms with Crippen LogP contribution in [0.1, 0.15) is 38.4 Å². The maximum absolute atomic E-state index is 14.7. The van der Waals surface area contributed by atoms with Crippen LogP contribution in [0.4, 0.5) is 14.5 Å². The van der Waals surface area contributed by atoms with Gasteiger partial charge in [0, 0.05) is 18.8 Å². The van der Waals surface area contributed by atoms with Gasteiger partial charge in [0.1, 0.15) is 17.3 Å². The Bertz CT molecular complexity index is 1370. The van der Waals surface area contributed by atoms with Crippen LogP contribution in [0.5, 0.6) is 0 Å². The smallest absolute Gasteiger partial charge is 0.282 e. The Labute approximate surface area is 201 Å². The van der Waals surface area contributed by atoms with Crippen molar-refractivity contribution in [2.75, 3.05) is 18.0 Å². The van der Waals surface area contributed by atoms with Crippen molar-refractivity contribution < 1.29 is 18.4 Å². The number of anilines is 1. The Balaban J connectivity index is 1.98. The fourth-order valence-electron chi connectivity index (χ4n) is 4.37. The maximum atomic E-state index is 14.7. The molecule has 2 heterocycles. The average molecular weight is 481 g/mol. The number of aromatic amines is 1. The zero-order valence-electron chi connectivity index (χ0n) is 19.8. The molecular weight excluding hydrogens is 454 g/mol. The zero-order valence-corrected chi connectivity index (χ0v) is 19.8. The quantitative estimate of drug-likeness (QED) is 0.494. The molecular formula is C26H26F2N4O3. The Morgan fingerprint density at radius 3 is 2.14 bits per heavy atom. The molecule has 9 heteroatoms. The van der Waals surface area contributed by atoms with Crippen molar-refractivity contribution in [3.8, 4) is 5.69 Å². The first kappa shape index (κ1) is 24.1. The van der Waals surface area contributed by atoms with E-state index in [0.29, 0.717) is 37.3 Å². The molecule has 35 heavy (non-hydrogen) atoms. The van der Waals surface area contributed by atoms with Crippen molar-refractivity contribution in [1.29, 1.82) is 0 Å². The number of hydrogen-bond acceptors (Lipinski definition) is 4. The average Bonchev–Trinajstić information content (AvgIpc) is 3.29. The van der Waals surface area contributed by atoms with Gasteiger partial charge in [0.15, 0.2) is 0 Å². The summed E-state index contributed by atoms with van der Waals surface area (Å²) in [5, 5.41) is 3.03. The van der Waals surface area contributed by atoms with Gasteiger partial charge in [-0.15, -0.1) is 0 Å². The molecule has 1 N–H and O–H groups in total. The largest absolute Gasteiger partial charge is 0.367 e. The summed E-state index contributed by atoms with van der Waals surface area (Å²) >= 11 is 0. The number of benzene rings is 2. The number of aromatic nitrogens is 2. The van der Waals surface area contributed by atoms with E-state index in [9.17, 15) is 23.2 Å². The second-order valence-electron chi connectivity index (χ2n) is 8.13. The maximum Gasteiger partial charge on any atom is 0.282 e. The van der Waals surface area contributed by atoms with Crippen LogP contribution in [0, 0.1) is 11.6 Å². The van der Waals surface area contributed by atoms with E-state index in [4.69, 9.17) is 0 Å². The van der Waals surface area contributed by atoms with Crippen molar-refractivity contribution in [2.24, 2.45) is 0 Å². The predicted molar refractivity (Wildman–Crippen MR) is 129 cm³/mol. The first-order valence-corrected chi connectivity index (χ1v) is 11.6. The summed E-state index contributed by atoms with van der Waals surface area (Å²) in [6, 6.07) is 10.9. The lowest BCUT2D eigenvalue weighted by atomic mass is 10.0. The third-order valence-electron chi connectivity index (χ3n) is 6.03. The summed E-state index contributed by atoms with van der Waals surface area (Å²) < 4.78 is 29.4. The Kier molecular flexibility index (Phi) is 6.68. The summed E-state index contributed by atoms with van der Waals surface area (Å²) in [7, 11) is 0. The van der Waals surface area contributed by atoms with E-state index in [0.717, 1.165) is 4.90 Å². The van der Waals surface area contributed by atoms with Crippen LogP contribution < -0.4 is 10.5 Å². The fraction of sp³-hybridized carbons (Fsp3) is 0.269. The van der Waals surface area contributed by atoms with Gasteiger partial charge in [-0.1, -0.05) is 25.5 Å². The first-order valence-electron chi connectivity index (χ1n) is 11.6. The van der Waals surface area contributed by atoms with Crippen LogP contribution in [0.2, 0.25) is 0 Å². The molecule has 2 amide bonds. The molecule has 7 nitrogen and oxygen atoms in total. The minimum atomic E-state index is -0.762. The number of nitrogens with one attached hydrogen (secondary N) is 1. The lowest BCUT2D eigenvalue weighted by Crippen LogP contribution is -2.35. The van der Waals surface area contributed by atoms with Crippen LogP contribution in [0.15, 0.2) is 59.0 Å². The van der Waals surface area contributed by atoms with Gasteiger partial charge in [0.25, 0.3) is 17.4 Å². The third kappa shape index (κ3) is 4.07. The van der Waals surface area contributed by atoms with E-state index in [-0.39, 0.29) is 22.5 Å². The lowest BCUT2D eigenvalue weighted by Gasteiger charge is -2.23. The number of para-hydroxylation sites is 1. The number of halogens is 2. The summed E-state index contributed by atoms with van der Waals surface area (Å²) in [6.07, 6.45) is 1.08. The minimum absolute atomic E-state index is 0.0583. The molecule has 3 aromatic rings. The molecule has 1 aliphatic rings. The van der Waals surface area contributed by atoms with Crippen molar-refractivity contribution in [2.45, 2.75) is 33.6 Å². The number of carbonyl (C=O) groups excluding carboxylic acids is 2. The van der Waals surface area contributed by atoms with E-state index in [2.05, 4.69) is 5.10 Å². The normalized spacial score (nSPS) is 13.8. The zero-order chi connectivity index (χ0) is 25.3. The van der Waals surface area contributed by atoms with Crippen LogP contribution in [-0.4, -0.2) is 39.6 Å². The van der Waals surface area contributed by atoms with E-state index in [1.165, 1.54) is 53.2 Å². The second-order valence-corrected chi connectivity index (χ2v) is 8.13. The van der Waals surface area contributed by atoms with E-state index in [1.54, 1.807) is 4.90 Å². The fourth-order valence-corrected chi connectivity index (χ4v) is 4.37. The van der Waals surface area contributed by atoms with Gasteiger partial charge in [0.05, 0.1) is 22.5 Å². The molecule has 0 unspecified atom stereocenters. The molecule has 1 aliphatic heterocycles. The molecule has 0 saturated carbocycles. The van der Waals surface area contributed by atoms with Gasteiger partial charge in [-0.3, -0.25) is 19.5 Å². The Morgan fingerprint density at radius 2 is 1.54 bits per heavy atom. The molecule has 1 aromatic heterocycles. The summed E-state index contributed by atoms with van der Waals surface area (Å²) in [5.41, 5.74) is 0.196. The standard InChI is InChI=1S/C26H26F2N4O3/c1-4-9-19-21(25(34)32(29-19)17-14-12-16(27)13-15-17)22-23(30(5-2)6-3)26(35)31(24(22)33)20-11-8-7-10-18(20)28/h7-8,10-15,29H,4-6,9H2,1-3H3. The van der Waals surface area contributed by atoms with Crippen LogP contribution in [0.3, 0.4) is 0 Å². The monoisotopic (exact) mass is 480 g/mol. The molecule has 2 aromatic carbocycles. The predicted octanol–water partition coefficient (Wildman–Crippen LogP) is 4.02.